The maximum atomic E-state index is 10.8. The first kappa shape index (κ1) is 20.9. The van der Waals surface area contributed by atoms with Crippen LogP contribution in [-0.4, -0.2) is 41.7 Å². The lowest BCUT2D eigenvalue weighted by atomic mass is 9.83. The Morgan fingerprint density at radius 2 is 1.93 bits per heavy atom. The van der Waals surface area contributed by atoms with Crippen LogP contribution in [0.4, 0.5) is 0 Å². The van der Waals surface area contributed by atoms with Gasteiger partial charge in [-0.1, -0.05) is 41.9 Å². The fourth-order valence-electron chi connectivity index (χ4n) is 3.60. The minimum absolute atomic E-state index is 0.0417. The molecule has 8 heteroatoms. The molecule has 30 heavy (non-hydrogen) atoms. The van der Waals surface area contributed by atoms with E-state index in [9.17, 15) is 4.79 Å². The minimum atomic E-state index is -0.355. The van der Waals surface area contributed by atoms with Crippen molar-refractivity contribution in [1.29, 1.82) is 0 Å². The Bertz CT molecular complexity index is 870. The summed E-state index contributed by atoms with van der Waals surface area (Å²) < 4.78 is 17.8. The molecule has 0 unspecified atom stereocenters. The summed E-state index contributed by atoms with van der Waals surface area (Å²) in [5.74, 6) is 1.06. The van der Waals surface area contributed by atoms with Crippen molar-refractivity contribution < 1.29 is 19.0 Å². The van der Waals surface area contributed by atoms with Gasteiger partial charge in [0.25, 0.3) is 0 Å². The van der Waals surface area contributed by atoms with Crippen LogP contribution in [0.15, 0.2) is 36.7 Å². The van der Waals surface area contributed by atoms with Crippen molar-refractivity contribution in [2.45, 2.75) is 44.3 Å². The van der Waals surface area contributed by atoms with E-state index in [0.29, 0.717) is 42.5 Å². The molecule has 160 valence electrons. The number of ether oxygens (including phenoxy) is 3. The topological polar surface area (TPSA) is 82.6 Å². The second-order valence-corrected chi connectivity index (χ2v) is 8.26. The number of rotatable bonds is 10. The number of amides is 1. The van der Waals surface area contributed by atoms with Crippen LogP contribution >= 0.6 is 11.6 Å². The number of nitrogens with zero attached hydrogens (tertiary/aromatic N) is 2. The van der Waals surface area contributed by atoms with E-state index in [0.717, 1.165) is 31.2 Å². The van der Waals surface area contributed by atoms with Gasteiger partial charge in [-0.05, 0) is 37.2 Å². The smallest absolute Gasteiger partial charge is 0.240 e. The molecule has 0 saturated heterocycles. The number of nitrogens with one attached hydrogen (secondary N) is 1. The Morgan fingerprint density at radius 3 is 2.63 bits per heavy atom. The third kappa shape index (κ3) is 5.02. The van der Waals surface area contributed by atoms with Crippen LogP contribution in [0, 0.1) is 5.92 Å². The van der Waals surface area contributed by atoms with E-state index in [-0.39, 0.29) is 17.6 Å². The summed E-state index contributed by atoms with van der Waals surface area (Å²) in [5, 5.41) is 3.03. The molecule has 4 rings (SSSR count). The predicted octanol–water partition coefficient (Wildman–Crippen LogP) is 3.51. The first-order chi connectivity index (χ1) is 14.6. The summed E-state index contributed by atoms with van der Waals surface area (Å²) in [6.45, 7) is 3.08. The third-order valence-corrected chi connectivity index (χ3v) is 5.82. The number of hydrogen-bond donors (Lipinski definition) is 1. The predicted molar refractivity (Wildman–Crippen MR) is 112 cm³/mol. The Kier molecular flexibility index (Phi) is 6.39. The van der Waals surface area contributed by atoms with Gasteiger partial charge in [0, 0.05) is 13.5 Å². The number of carbonyl (C=O) groups is 1. The summed E-state index contributed by atoms with van der Waals surface area (Å²) in [5.41, 5.74) is 0.771. The lowest BCUT2D eigenvalue weighted by molar-refractivity contribution is -0.119. The van der Waals surface area contributed by atoms with Gasteiger partial charge in [-0.2, -0.15) is 0 Å². The third-order valence-electron chi connectivity index (χ3n) is 5.50. The Balaban J connectivity index is 1.25. The largest absolute Gasteiger partial charge is 0.476 e. The second kappa shape index (κ2) is 9.18. The van der Waals surface area contributed by atoms with E-state index in [4.69, 9.17) is 25.8 Å². The molecule has 1 aromatic heterocycles. The molecule has 7 nitrogen and oxygen atoms in total. The zero-order valence-corrected chi connectivity index (χ0v) is 17.7. The van der Waals surface area contributed by atoms with E-state index in [1.165, 1.54) is 13.3 Å². The highest BCUT2D eigenvalue weighted by atomic mass is 35.5. The fourth-order valence-corrected chi connectivity index (χ4v) is 3.79. The van der Waals surface area contributed by atoms with Crippen LogP contribution in [0.3, 0.4) is 0 Å². The fraction of sp³-hybridized carbons (Fsp3) is 0.500. The summed E-state index contributed by atoms with van der Waals surface area (Å²) >= 11 is 6.48. The Hall–Kier alpha value is -2.38. The highest BCUT2D eigenvalue weighted by Gasteiger charge is 2.48. The van der Waals surface area contributed by atoms with Crippen LogP contribution < -0.4 is 14.8 Å². The molecule has 0 radical (unpaired) electrons. The number of hydrogen-bond acceptors (Lipinski definition) is 6. The number of aromatic nitrogens is 2. The van der Waals surface area contributed by atoms with Crippen LogP contribution in [-0.2, 0) is 15.1 Å². The van der Waals surface area contributed by atoms with Crippen molar-refractivity contribution in [3.05, 3.63) is 47.2 Å². The Labute approximate surface area is 181 Å². The molecule has 0 aliphatic heterocycles. The van der Waals surface area contributed by atoms with Crippen LogP contribution in [0.25, 0.3) is 0 Å². The van der Waals surface area contributed by atoms with Gasteiger partial charge in [-0.15, -0.1) is 0 Å². The average molecular weight is 432 g/mol. The standard InChI is InChI=1S/C22H26ClN3O4/c1-15(27)24-9-10-28-18-11-16(12-18)13-29-20-19(23)21(26-14-25-20)30-22(7-8-22)17-5-3-2-4-6-17/h2-6,14,16,18H,7-13H2,1H3,(H,24,27). The summed E-state index contributed by atoms with van der Waals surface area (Å²) in [6, 6.07) is 10.1. The van der Waals surface area contributed by atoms with E-state index >= 15 is 0 Å². The minimum Gasteiger partial charge on any atom is -0.476 e. The van der Waals surface area contributed by atoms with Gasteiger partial charge in [-0.25, -0.2) is 9.97 Å². The maximum absolute atomic E-state index is 10.8. The molecule has 2 aliphatic carbocycles. The van der Waals surface area contributed by atoms with Crippen molar-refractivity contribution in [2.75, 3.05) is 19.8 Å². The normalized spacial score (nSPS) is 21.4. The molecule has 0 bridgehead atoms. The molecule has 0 atom stereocenters. The van der Waals surface area contributed by atoms with Crippen LogP contribution in [0.1, 0.15) is 38.2 Å². The summed E-state index contributed by atoms with van der Waals surface area (Å²) in [4.78, 5) is 19.2. The molecule has 0 spiro atoms. The van der Waals surface area contributed by atoms with Gasteiger partial charge in [0.05, 0.1) is 19.3 Å². The van der Waals surface area contributed by atoms with Crippen LogP contribution in [0.2, 0.25) is 5.02 Å². The molecule has 1 aromatic carbocycles. The number of carbonyl (C=O) groups excluding carboxylic acids is 1. The van der Waals surface area contributed by atoms with Crippen molar-refractivity contribution in [3.63, 3.8) is 0 Å². The highest BCUT2D eigenvalue weighted by Crippen LogP contribution is 2.50. The van der Waals surface area contributed by atoms with E-state index in [2.05, 4.69) is 27.4 Å². The molecular weight excluding hydrogens is 406 g/mol. The second-order valence-electron chi connectivity index (χ2n) is 7.88. The van der Waals surface area contributed by atoms with Gasteiger partial charge in [0.2, 0.25) is 17.7 Å². The number of halogens is 1. The molecule has 1 heterocycles. The first-order valence-corrected chi connectivity index (χ1v) is 10.7. The zero-order chi connectivity index (χ0) is 21.0. The molecular formula is C22H26ClN3O4. The SMILES string of the molecule is CC(=O)NCCOC1CC(COc2ncnc(OC3(c4ccccc4)CC3)c2Cl)C1. The Morgan fingerprint density at radius 1 is 1.20 bits per heavy atom. The molecule has 2 aromatic rings. The molecule has 2 saturated carbocycles. The van der Waals surface area contributed by atoms with Gasteiger partial charge in [0.1, 0.15) is 11.9 Å². The average Bonchev–Trinajstić information content (AvgIpc) is 3.49. The lowest BCUT2D eigenvalue weighted by Crippen LogP contribution is -2.37. The van der Waals surface area contributed by atoms with Crippen molar-refractivity contribution in [3.8, 4) is 11.8 Å². The van der Waals surface area contributed by atoms with Gasteiger partial charge < -0.3 is 19.5 Å². The maximum Gasteiger partial charge on any atom is 0.240 e. The van der Waals surface area contributed by atoms with Gasteiger partial charge in [0.15, 0.2) is 5.02 Å². The van der Waals surface area contributed by atoms with Crippen LogP contribution in [0.5, 0.6) is 11.8 Å². The monoisotopic (exact) mass is 431 g/mol. The molecule has 2 fully saturated rings. The number of benzene rings is 1. The van der Waals surface area contributed by atoms with Gasteiger partial charge in [-0.3, -0.25) is 4.79 Å². The van der Waals surface area contributed by atoms with Crippen molar-refractivity contribution in [1.82, 2.24) is 15.3 Å². The summed E-state index contributed by atoms with van der Waals surface area (Å²) in [6.07, 6.45) is 5.34. The van der Waals surface area contributed by atoms with E-state index < -0.39 is 0 Å². The quantitative estimate of drug-likeness (QED) is 0.579. The molecule has 1 amide bonds. The molecule has 2 aliphatic rings. The molecule has 1 N–H and O–H groups in total. The van der Waals surface area contributed by atoms with Crippen molar-refractivity contribution >= 4 is 17.5 Å². The van der Waals surface area contributed by atoms with Gasteiger partial charge >= 0.3 is 0 Å². The first-order valence-electron chi connectivity index (χ1n) is 10.3. The highest BCUT2D eigenvalue weighted by molar-refractivity contribution is 6.33. The van der Waals surface area contributed by atoms with E-state index in [1.807, 2.05) is 18.2 Å². The summed E-state index contributed by atoms with van der Waals surface area (Å²) in [7, 11) is 0. The van der Waals surface area contributed by atoms with E-state index in [1.54, 1.807) is 0 Å². The van der Waals surface area contributed by atoms with Crippen molar-refractivity contribution in [2.24, 2.45) is 5.92 Å². The lowest BCUT2D eigenvalue weighted by Gasteiger charge is -2.34. The zero-order valence-electron chi connectivity index (χ0n) is 17.0.